The molecule has 1 aliphatic heterocycles. The molecule has 0 bridgehead atoms. The summed E-state index contributed by atoms with van der Waals surface area (Å²) in [6.07, 6.45) is 55.7. The van der Waals surface area contributed by atoms with Gasteiger partial charge in [0.25, 0.3) is 0 Å². The fourth-order valence-electron chi connectivity index (χ4n) is 10.1. The highest BCUT2D eigenvalue weighted by Gasteiger charge is 2.47. The molecule has 0 aliphatic carbocycles. The lowest BCUT2D eigenvalue weighted by molar-refractivity contribution is -0.305. The third kappa shape index (κ3) is 42.2. The molecule has 450 valence electrons. The standard InChI is InChI=1S/C66H121NO10/c1-4-7-10-13-16-19-22-24-26-28-29-30-32-33-35-38-41-44-47-50-53-59(70)65(74)67-57(58(69)52-49-46-43-40-37-21-18-15-12-9-6-3)56-75-66-64(63(73)62(72)60(55-68)76-66)77-61(71)54-51-48-45-42-39-36-34-31-27-25-23-20-17-14-11-8-5-2/h16,19,24,26,29-30,49,52,57-60,62-64,66,68-70,72-73H,4-15,17-18,20-23,25,27-28,31-48,50-51,53-56H2,1-3H3,(H,67,74)/b19-16-,26-24-,30-29-,52-49+. The normalized spacial score (nSPS) is 19.3. The summed E-state index contributed by atoms with van der Waals surface area (Å²) in [5, 5.41) is 57.0. The van der Waals surface area contributed by atoms with E-state index in [0.29, 0.717) is 12.8 Å². The number of aliphatic hydroxyl groups is 5. The fourth-order valence-corrected chi connectivity index (χ4v) is 10.1. The molecule has 1 saturated heterocycles. The van der Waals surface area contributed by atoms with E-state index in [2.05, 4.69) is 62.5 Å². The van der Waals surface area contributed by atoms with Crippen LogP contribution in [0.25, 0.3) is 0 Å². The van der Waals surface area contributed by atoms with E-state index in [0.717, 1.165) is 83.5 Å². The van der Waals surface area contributed by atoms with E-state index in [1.54, 1.807) is 6.08 Å². The molecule has 1 aliphatic rings. The van der Waals surface area contributed by atoms with Crippen LogP contribution >= 0.6 is 0 Å². The smallest absolute Gasteiger partial charge is 0.306 e. The highest BCUT2D eigenvalue weighted by molar-refractivity contribution is 5.80. The van der Waals surface area contributed by atoms with Crippen molar-refractivity contribution in [3.63, 3.8) is 0 Å². The van der Waals surface area contributed by atoms with Crippen LogP contribution in [0, 0.1) is 0 Å². The quantitative estimate of drug-likeness (QED) is 0.0195. The van der Waals surface area contributed by atoms with Gasteiger partial charge in [0.05, 0.1) is 25.4 Å². The molecule has 0 aromatic carbocycles. The van der Waals surface area contributed by atoms with Gasteiger partial charge in [-0.2, -0.15) is 0 Å². The Morgan fingerprint density at radius 3 is 1.36 bits per heavy atom. The number of rotatable bonds is 55. The number of carbonyl (C=O) groups is 2. The van der Waals surface area contributed by atoms with E-state index < -0.39 is 67.4 Å². The maximum absolute atomic E-state index is 13.4. The number of carbonyl (C=O) groups excluding carboxylic acids is 2. The second kappa shape index (κ2) is 54.2. The van der Waals surface area contributed by atoms with E-state index in [4.69, 9.17) is 14.2 Å². The lowest BCUT2D eigenvalue weighted by atomic mass is 9.99. The number of hydrogen-bond donors (Lipinski definition) is 6. The minimum atomic E-state index is -1.61. The van der Waals surface area contributed by atoms with Crippen molar-refractivity contribution in [1.29, 1.82) is 0 Å². The van der Waals surface area contributed by atoms with Crippen LogP contribution in [0.1, 0.15) is 297 Å². The van der Waals surface area contributed by atoms with Crippen LogP contribution in [-0.4, -0.2) is 99.6 Å². The molecule has 0 aromatic rings. The first kappa shape index (κ1) is 72.6. The molecule has 1 heterocycles. The first-order valence-electron chi connectivity index (χ1n) is 32.4. The Hall–Kier alpha value is -2.38. The summed E-state index contributed by atoms with van der Waals surface area (Å²) in [4.78, 5) is 26.6. The SMILES string of the molecule is CCCCC/C=C\C/C=C\C/C=C\CCCCCCCCCC(O)C(=O)NC(COC1OC(CO)C(O)C(O)C1OC(=O)CCCCCCCCCCCCCCCCCCC)C(O)/C=C/CCCCCCCCCCC. The minimum Gasteiger partial charge on any atom is -0.454 e. The van der Waals surface area contributed by atoms with Crippen molar-refractivity contribution < 1.29 is 49.3 Å². The van der Waals surface area contributed by atoms with Gasteiger partial charge in [-0.05, 0) is 64.2 Å². The zero-order valence-corrected chi connectivity index (χ0v) is 49.8. The van der Waals surface area contributed by atoms with Crippen molar-refractivity contribution >= 4 is 11.9 Å². The molecule has 0 spiro atoms. The first-order chi connectivity index (χ1) is 37.7. The lowest BCUT2D eigenvalue weighted by Gasteiger charge is -2.41. The zero-order valence-electron chi connectivity index (χ0n) is 49.8. The average Bonchev–Trinajstić information content (AvgIpc) is 3.43. The number of unbranched alkanes of at least 4 members (excludes halogenated alkanes) is 35. The van der Waals surface area contributed by atoms with Gasteiger partial charge in [-0.25, -0.2) is 0 Å². The molecule has 0 radical (unpaired) electrons. The number of ether oxygens (including phenoxy) is 3. The average molecular weight is 1090 g/mol. The monoisotopic (exact) mass is 1090 g/mol. The predicted molar refractivity (Wildman–Crippen MR) is 320 cm³/mol. The molecule has 6 N–H and O–H groups in total. The Morgan fingerprint density at radius 2 is 0.896 bits per heavy atom. The van der Waals surface area contributed by atoms with Gasteiger partial charge in [-0.1, -0.05) is 275 Å². The summed E-state index contributed by atoms with van der Waals surface area (Å²) in [5.74, 6) is -1.19. The van der Waals surface area contributed by atoms with Crippen molar-refractivity contribution in [2.45, 2.75) is 346 Å². The van der Waals surface area contributed by atoms with Gasteiger partial charge in [0.2, 0.25) is 5.91 Å². The van der Waals surface area contributed by atoms with Gasteiger partial charge in [0.15, 0.2) is 12.4 Å². The summed E-state index contributed by atoms with van der Waals surface area (Å²) < 4.78 is 17.6. The number of nitrogens with one attached hydrogen (secondary N) is 1. The molecule has 11 heteroatoms. The van der Waals surface area contributed by atoms with Crippen molar-refractivity contribution in [2.75, 3.05) is 13.2 Å². The largest absolute Gasteiger partial charge is 0.454 e. The van der Waals surface area contributed by atoms with Crippen LogP contribution in [0.5, 0.6) is 0 Å². The van der Waals surface area contributed by atoms with Gasteiger partial charge in [0, 0.05) is 6.42 Å². The molecular formula is C66H121NO10. The number of esters is 1. The Balaban J connectivity index is 2.64. The highest BCUT2D eigenvalue weighted by Crippen LogP contribution is 2.26. The van der Waals surface area contributed by atoms with E-state index >= 15 is 0 Å². The Labute approximate surface area is 472 Å². The molecule has 1 amide bonds. The van der Waals surface area contributed by atoms with Crippen LogP contribution in [0.15, 0.2) is 48.6 Å². The second-order valence-corrected chi connectivity index (χ2v) is 22.5. The van der Waals surface area contributed by atoms with Gasteiger partial charge >= 0.3 is 5.97 Å². The van der Waals surface area contributed by atoms with E-state index in [-0.39, 0.29) is 19.4 Å². The summed E-state index contributed by atoms with van der Waals surface area (Å²) >= 11 is 0. The van der Waals surface area contributed by atoms with Crippen molar-refractivity contribution in [3.8, 4) is 0 Å². The Morgan fingerprint density at radius 1 is 0.506 bits per heavy atom. The van der Waals surface area contributed by atoms with Crippen LogP contribution in [0.2, 0.25) is 0 Å². The third-order valence-electron chi connectivity index (χ3n) is 15.2. The molecule has 11 nitrogen and oxygen atoms in total. The number of hydrogen-bond acceptors (Lipinski definition) is 10. The Kier molecular flexibility index (Phi) is 51.1. The Bertz CT molecular complexity index is 1440. The second-order valence-electron chi connectivity index (χ2n) is 22.5. The summed E-state index contributed by atoms with van der Waals surface area (Å²) in [5.41, 5.74) is 0. The van der Waals surface area contributed by atoms with Gasteiger partial charge in [-0.15, -0.1) is 0 Å². The maximum atomic E-state index is 13.4. The van der Waals surface area contributed by atoms with Crippen LogP contribution in [0.3, 0.4) is 0 Å². The van der Waals surface area contributed by atoms with Gasteiger partial charge in [0.1, 0.15) is 24.4 Å². The summed E-state index contributed by atoms with van der Waals surface area (Å²) in [7, 11) is 0. The molecule has 0 saturated carbocycles. The molecule has 1 rings (SSSR count). The lowest BCUT2D eigenvalue weighted by Crippen LogP contribution is -2.61. The van der Waals surface area contributed by atoms with Crippen molar-refractivity contribution in [2.24, 2.45) is 0 Å². The maximum Gasteiger partial charge on any atom is 0.306 e. The van der Waals surface area contributed by atoms with Crippen LogP contribution < -0.4 is 5.32 Å². The number of aliphatic hydroxyl groups excluding tert-OH is 5. The highest BCUT2D eigenvalue weighted by atomic mass is 16.7. The molecule has 77 heavy (non-hydrogen) atoms. The third-order valence-corrected chi connectivity index (χ3v) is 15.2. The molecule has 1 fully saturated rings. The van der Waals surface area contributed by atoms with Crippen molar-refractivity contribution in [3.05, 3.63) is 48.6 Å². The van der Waals surface area contributed by atoms with E-state index in [9.17, 15) is 35.1 Å². The fraction of sp³-hybridized carbons (Fsp3) is 0.848. The summed E-state index contributed by atoms with van der Waals surface area (Å²) in [6.45, 7) is 5.78. The van der Waals surface area contributed by atoms with Crippen molar-refractivity contribution in [1.82, 2.24) is 5.32 Å². The molecule has 0 aromatic heterocycles. The van der Waals surface area contributed by atoms with Gasteiger partial charge in [-0.3, -0.25) is 9.59 Å². The van der Waals surface area contributed by atoms with Crippen LogP contribution in [-0.2, 0) is 23.8 Å². The zero-order chi connectivity index (χ0) is 56.1. The molecular weight excluding hydrogens is 967 g/mol. The number of amides is 1. The predicted octanol–water partition coefficient (Wildman–Crippen LogP) is 15.6. The topological polar surface area (TPSA) is 175 Å². The summed E-state index contributed by atoms with van der Waals surface area (Å²) in [6, 6.07) is -1.03. The van der Waals surface area contributed by atoms with E-state index in [1.807, 2.05) is 6.08 Å². The minimum absolute atomic E-state index is 0.126. The number of allylic oxidation sites excluding steroid dienone is 7. The molecule has 8 atom stereocenters. The first-order valence-corrected chi connectivity index (χ1v) is 32.4. The van der Waals surface area contributed by atoms with E-state index in [1.165, 1.54) is 167 Å². The molecule has 8 unspecified atom stereocenters. The van der Waals surface area contributed by atoms with Crippen LogP contribution in [0.4, 0.5) is 0 Å². The van der Waals surface area contributed by atoms with Gasteiger partial charge < -0.3 is 45.1 Å².